The zero-order valence-corrected chi connectivity index (χ0v) is 16.1. The molecule has 0 aliphatic heterocycles. The Balaban J connectivity index is 2.15. The summed E-state index contributed by atoms with van der Waals surface area (Å²) in [6.45, 7) is 0. The molecule has 2 aromatic heterocycles. The molecule has 0 aliphatic rings. The number of fused-ring (bicyclic) bond motifs is 7. The van der Waals surface area contributed by atoms with Crippen LogP contribution in [0.15, 0.2) is 60.7 Å². The van der Waals surface area contributed by atoms with Crippen molar-refractivity contribution in [3.8, 4) is 0 Å². The Morgan fingerprint density at radius 1 is 0.542 bits per heavy atom. The van der Waals surface area contributed by atoms with Gasteiger partial charge in [-0.05, 0) is 12.1 Å². The van der Waals surface area contributed by atoms with Crippen LogP contribution in [0.2, 0.25) is 11.6 Å². The summed E-state index contributed by atoms with van der Waals surface area (Å²) in [5, 5.41) is 5.55. The van der Waals surface area contributed by atoms with Gasteiger partial charge in [0.2, 0.25) is 0 Å². The molecule has 2 heterocycles. The van der Waals surface area contributed by atoms with E-state index in [2.05, 4.69) is 79.3 Å². The van der Waals surface area contributed by atoms with Gasteiger partial charge in [-0.1, -0.05) is 60.1 Å². The van der Waals surface area contributed by atoms with Crippen LogP contribution in [0, 0.1) is 0 Å². The molecule has 0 saturated heterocycles. The van der Waals surface area contributed by atoms with Gasteiger partial charge in [-0.25, -0.2) is 0 Å². The summed E-state index contributed by atoms with van der Waals surface area (Å²) >= 11 is 0.377. The predicted octanol–water partition coefficient (Wildman–Crippen LogP) is 4.93. The maximum atomic E-state index is 2.57. The number of benzene rings is 3. The van der Waals surface area contributed by atoms with Crippen molar-refractivity contribution in [2.75, 3.05) is 0 Å². The number of rotatable bonds is 2. The van der Waals surface area contributed by atoms with Crippen LogP contribution in [-0.4, -0.2) is 38.0 Å². The highest BCUT2D eigenvalue weighted by molar-refractivity contribution is 6.43. The Morgan fingerprint density at radius 3 is 1.38 bits per heavy atom. The Kier molecular flexibility index (Phi) is 3.31. The van der Waals surface area contributed by atoms with Crippen molar-refractivity contribution >= 4 is 74.5 Å². The van der Waals surface area contributed by atoms with Crippen LogP contribution in [0.5, 0.6) is 0 Å². The summed E-state index contributed by atoms with van der Waals surface area (Å²) in [5.41, 5.74) is 5.61. The normalized spacial score (nSPS) is 11.8. The third kappa shape index (κ3) is 1.78. The second-order valence-electron chi connectivity index (χ2n) is 6.15. The molecule has 2 nitrogen and oxygen atoms in total. The fraction of sp³-hybridized carbons (Fsp3) is 0.100. The summed E-state index contributed by atoms with van der Waals surface area (Å²) < 4.78 is 5.13. The van der Waals surface area contributed by atoms with Crippen LogP contribution in [0.25, 0.3) is 43.6 Å². The molecule has 112 valence electrons. The summed E-state index contributed by atoms with van der Waals surface area (Å²) in [4.78, 5) is 0. The highest BCUT2D eigenvalue weighted by Gasteiger charge is 2.17. The molecule has 0 fully saturated rings. The highest BCUT2D eigenvalue weighted by Crippen LogP contribution is 2.37. The molecule has 0 spiro atoms. The summed E-state index contributed by atoms with van der Waals surface area (Å²) in [7, 11) is 0. The zero-order chi connectivity index (χ0) is 16.3. The molecular weight excluding hydrogens is 322 g/mol. The van der Waals surface area contributed by atoms with Gasteiger partial charge < -0.3 is 7.10 Å². The monoisotopic (exact) mass is 338 g/mol. The molecule has 0 unspecified atom stereocenters. The van der Waals surface area contributed by atoms with Gasteiger partial charge in [0.1, 0.15) is 0 Å². The smallest absolute Gasteiger partial charge is 0.374 e. The first-order chi connectivity index (χ1) is 11.8. The van der Waals surface area contributed by atoms with E-state index < -0.39 is 0 Å². The first kappa shape index (κ1) is 14.6. The third-order valence-corrected chi connectivity index (χ3v) is 7.16. The number of hydrogen-bond donors (Lipinski definition) is 0. The van der Waals surface area contributed by atoms with Gasteiger partial charge in [-0.3, -0.25) is 0 Å². The molecule has 0 bridgehead atoms. The summed E-state index contributed by atoms with van der Waals surface area (Å²) in [6.07, 6.45) is 0. The van der Waals surface area contributed by atoms with E-state index in [1.54, 1.807) is 0 Å². The van der Waals surface area contributed by atoms with Gasteiger partial charge >= 0.3 is 30.9 Å². The molecule has 2 radical (unpaired) electrons. The fourth-order valence-corrected chi connectivity index (χ4v) is 6.15. The van der Waals surface area contributed by atoms with Crippen LogP contribution in [0.4, 0.5) is 0 Å². The second-order valence-corrected chi connectivity index (χ2v) is 8.21. The molecule has 3 aromatic carbocycles. The molecule has 0 atom stereocenters. The molecule has 0 amide bonds. The van der Waals surface area contributed by atoms with Crippen molar-refractivity contribution in [2.24, 2.45) is 0 Å². The lowest BCUT2D eigenvalue weighted by molar-refractivity contribution is 1.32. The largest absolute Gasteiger partial charge is 0.440 e. The zero-order valence-electron chi connectivity index (χ0n) is 13.8. The van der Waals surface area contributed by atoms with Crippen LogP contribution in [0.1, 0.15) is 0 Å². The molecule has 0 aliphatic carbocycles. The van der Waals surface area contributed by atoms with Crippen molar-refractivity contribution in [3.05, 3.63) is 60.7 Å². The molecule has 0 N–H and O–H groups in total. The van der Waals surface area contributed by atoms with Gasteiger partial charge in [0, 0.05) is 43.6 Å². The van der Waals surface area contributed by atoms with E-state index in [1.807, 2.05) is 0 Å². The number of hydrogen-bond acceptors (Lipinski definition) is 0. The molecule has 5 rings (SSSR count). The number of aromatic nitrogens is 2. The van der Waals surface area contributed by atoms with Crippen molar-refractivity contribution in [1.82, 2.24) is 7.10 Å². The van der Waals surface area contributed by atoms with Gasteiger partial charge in [0.25, 0.3) is 0 Å². The van der Waals surface area contributed by atoms with E-state index in [4.69, 9.17) is 0 Å². The summed E-state index contributed by atoms with van der Waals surface area (Å²) in [6, 6.07) is 22.3. The third-order valence-electron chi connectivity index (χ3n) is 5.06. The maximum Gasteiger partial charge on any atom is 0.374 e. The van der Waals surface area contributed by atoms with Crippen molar-refractivity contribution in [1.29, 1.82) is 0 Å². The van der Waals surface area contributed by atoms with E-state index in [0.717, 1.165) is 0 Å². The van der Waals surface area contributed by atoms with Crippen molar-refractivity contribution in [3.63, 3.8) is 0 Å². The number of nitrogens with zero attached hydrogens (tertiary/aromatic N) is 2. The fourth-order valence-electron chi connectivity index (χ4n) is 4.10. The predicted molar refractivity (Wildman–Crippen MR) is 106 cm³/mol. The topological polar surface area (TPSA) is 9.86 Å². The van der Waals surface area contributed by atoms with Crippen LogP contribution < -0.4 is 0 Å². The SMILES string of the molecule is [CH3][Al][n]1c2ccccc2c2ccc3c4ccccc4[n]([Al][CH3])c3c21. The lowest BCUT2D eigenvalue weighted by atomic mass is 10.1. The second kappa shape index (κ2) is 5.42. The van der Waals surface area contributed by atoms with E-state index in [1.165, 1.54) is 43.6 Å². The van der Waals surface area contributed by atoms with E-state index in [9.17, 15) is 0 Å². The van der Waals surface area contributed by atoms with Gasteiger partial charge in [-0.15, -0.1) is 0 Å². The first-order valence-corrected chi connectivity index (χ1v) is 11.7. The molecular formula is C20H16Al2N2. The summed E-state index contributed by atoms with van der Waals surface area (Å²) in [5.74, 6) is 4.66. The minimum Gasteiger partial charge on any atom is -0.440 e. The molecule has 24 heavy (non-hydrogen) atoms. The van der Waals surface area contributed by atoms with Gasteiger partial charge in [0.15, 0.2) is 0 Å². The standard InChI is InChI=1S/C18H10N2.2CH3.2Al/c1-3-7-15-11(5-1)13-9-10-14-12-6-2-4-8-16(12)20-18(14)17(13)19-15;;;;/h1-10H;2*1H3;;/q-2;;;2*+1. The lowest BCUT2D eigenvalue weighted by Gasteiger charge is -2.09. The molecule has 4 heteroatoms. The Bertz CT molecular complexity index is 1130. The van der Waals surface area contributed by atoms with Crippen LogP contribution >= 0.6 is 0 Å². The van der Waals surface area contributed by atoms with E-state index in [0.29, 0.717) is 0 Å². The maximum absolute atomic E-state index is 2.57. The minimum absolute atomic E-state index is 0.189. The number of para-hydroxylation sites is 2. The Labute approximate surface area is 153 Å². The van der Waals surface area contributed by atoms with Crippen LogP contribution in [0.3, 0.4) is 0 Å². The van der Waals surface area contributed by atoms with Gasteiger partial charge in [0.05, 0.1) is 0 Å². The average Bonchev–Trinajstić information content (AvgIpc) is 3.14. The molecule has 0 saturated carbocycles. The highest BCUT2D eigenvalue weighted by atomic mass is 27.1. The van der Waals surface area contributed by atoms with Crippen molar-refractivity contribution in [2.45, 2.75) is 11.6 Å². The van der Waals surface area contributed by atoms with Gasteiger partial charge in [-0.2, -0.15) is 0 Å². The quantitative estimate of drug-likeness (QED) is 0.404. The van der Waals surface area contributed by atoms with Crippen LogP contribution in [-0.2, 0) is 0 Å². The Morgan fingerprint density at radius 2 is 0.958 bits per heavy atom. The molecule has 5 aromatic rings. The average molecular weight is 338 g/mol. The minimum atomic E-state index is 0.189. The Hall–Kier alpha value is -1.68. The van der Waals surface area contributed by atoms with Crippen molar-refractivity contribution < 1.29 is 0 Å². The van der Waals surface area contributed by atoms with E-state index in [-0.39, 0.29) is 30.9 Å². The van der Waals surface area contributed by atoms with E-state index >= 15 is 0 Å². The lowest BCUT2D eigenvalue weighted by Crippen LogP contribution is -2.05. The first-order valence-electron chi connectivity index (χ1n) is 8.38.